The average molecular weight is 273 g/mol. The highest BCUT2D eigenvalue weighted by Crippen LogP contribution is 2.12. The summed E-state index contributed by atoms with van der Waals surface area (Å²) in [7, 11) is -3.59. The van der Waals surface area contributed by atoms with E-state index in [1.807, 2.05) is 20.8 Å². The molecule has 0 amide bonds. The molecule has 0 aromatic carbocycles. The predicted octanol–water partition coefficient (Wildman–Crippen LogP) is 0.475. The van der Waals surface area contributed by atoms with Crippen molar-refractivity contribution in [2.75, 3.05) is 5.43 Å². The molecule has 1 heterocycles. The molecule has 0 radical (unpaired) electrons. The van der Waals surface area contributed by atoms with Gasteiger partial charge in [0.25, 0.3) is 0 Å². The summed E-state index contributed by atoms with van der Waals surface area (Å²) in [4.78, 5) is 7.58. The highest BCUT2D eigenvalue weighted by molar-refractivity contribution is 7.89. The van der Waals surface area contributed by atoms with Crippen molar-refractivity contribution in [1.29, 1.82) is 0 Å². The van der Waals surface area contributed by atoms with Gasteiger partial charge in [0.05, 0.1) is 12.4 Å². The van der Waals surface area contributed by atoms with E-state index in [4.69, 9.17) is 5.84 Å². The van der Waals surface area contributed by atoms with Gasteiger partial charge in [0, 0.05) is 6.04 Å². The molecule has 1 unspecified atom stereocenters. The molecule has 0 aliphatic heterocycles. The molecule has 0 fully saturated rings. The highest BCUT2D eigenvalue weighted by Gasteiger charge is 2.21. The van der Waals surface area contributed by atoms with Crippen molar-refractivity contribution in [2.24, 2.45) is 11.8 Å². The minimum absolute atomic E-state index is 0.0283. The summed E-state index contributed by atoms with van der Waals surface area (Å²) in [6, 6.07) is -0.109. The Morgan fingerprint density at radius 2 is 1.89 bits per heavy atom. The second-order valence-electron chi connectivity index (χ2n) is 4.27. The number of rotatable bonds is 6. The van der Waals surface area contributed by atoms with E-state index in [-0.39, 0.29) is 22.8 Å². The first-order valence-corrected chi connectivity index (χ1v) is 7.20. The van der Waals surface area contributed by atoms with E-state index in [1.165, 1.54) is 12.4 Å². The molecule has 8 heteroatoms. The fourth-order valence-corrected chi connectivity index (χ4v) is 2.84. The van der Waals surface area contributed by atoms with Crippen LogP contribution < -0.4 is 16.0 Å². The van der Waals surface area contributed by atoms with Gasteiger partial charge in [-0.05, 0) is 12.3 Å². The van der Waals surface area contributed by atoms with Gasteiger partial charge in [-0.2, -0.15) is 0 Å². The van der Waals surface area contributed by atoms with E-state index >= 15 is 0 Å². The maximum Gasteiger partial charge on any atom is 0.243 e. The molecule has 7 nitrogen and oxygen atoms in total. The van der Waals surface area contributed by atoms with Gasteiger partial charge in [-0.3, -0.25) is 5.43 Å². The van der Waals surface area contributed by atoms with E-state index in [0.29, 0.717) is 0 Å². The van der Waals surface area contributed by atoms with Crippen LogP contribution in [0.4, 0.5) is 5.95 Å². The normalized spacial score (nSPS) is 13.6. The number of hydrazine groups is 1. The number of nitrogens with one attached hydrogen (secondary N) is 2. The zero-order valence-corrected chi connectivity index (χ0v) is 11.5. The summed E-state index contributed by atoms with van der Waals surface area (Å²) < 4.78 is 26.8. The van der Waals surface area contributed by atoms with E-state index in [2.05, 4.69) is 20.1 Å². The Labute approximate surface area is 107 Å². The Hall–Kier alpha value is -1.25. The van der Waals surface area contributed by atoms with Crippen LogP contribution in [-0.4, -0.2) is 24.4 Å². The van der Waals surface area contributed by atoms with E-state index in [0.717, 1.165) is 6.42 Å². The maximum absolute atomic E-state index is 12.1. The molecular formula is C10H19N5O2S. The molecule has 1 atom stereocenters. The van der Waals surface area contributed by atoms with Gasteiger partial charge in [0.2, 0.25) is 16.0 Å². The number of aromatic nitrogens is 2. The van der Waals surface area contributed by atoms with Crippen LogP contribution in [0, 0.1) is 5.92 Å². The molecule has 0 saturated carbocycles. The molecule has 102 valence electrons. The maximum atomic E-state index is 12.1. The van der Waals surface area contributed by atoms with Gasteiger partial charge >= 0.3 is 0 Å². The SMILES string of the molecule is CCC(NS(=O)(=O)c1cnc(NN)nc1)C(C)C. The molecular weight excluding hydrogens is 254 g/mol. The Morgan fingerprint density at radius 1 is 1.33 bits per heavy atom. The van der Waals surface area contributed by atoms with Crippen LogP contribution >= 0.6 is 0 Å². The van der Waals surface area contributed by atoms with Crippen molar-refractivity contribution in [3.63, 3.8) is 0 Å². The summed E-state index contributed by atoms with van der Waals surface area (Å²) in [6.07, 6.45) is 3.16. The van der Waals surface area contributed by atoms with Crippen LogP contribution in [0.25, 0.3) is 0 Å². The lowest BCUT2D eigenvalue weighted by Crippen LogP contribution is -2.38. The largest absolute Gasteiger partial charge is 0.292 e. The van der Waals surface area contributed by atoms with Crippen LogP contribution in [0.5, 0.6) is 0 Å². The van der Waals surface area contributed by atoms with Gasteiger partial charge in [0.1, 0.15) is 4.90 Å². The fraction of sp³-hybridized carbons (Fsp3) is 0.600. The topological polar surface area (TPSA) is 110 Å². The predicted molar refractivity (Wildman–Crippen MR) is 69.1 cm³/mol. The number of nitrogens with zero attached hydrogens (tertiary/aromatic N) is 2. The summed E-state index contributed by atoms with van der Waals surface area (Å²) in [5.41, 5.74) is 2.24. The zero-order valence-electron chi connectivity index (χ0n) is 10.7. The van der Waals surface area contributed by atoms with Gasteiger partial charge in [-0.15, -0.1) is 0 Å². The second-order valence-corrected chi connectivity index (χ2v) is 5.98. The van der Waals surface area contributed by atoms with Crippen molar-refractivity contribution in [1.82, 2.24) is 14.7 Å². The number of anilines is 1. The van der Waals surface area contributed by atoms with Gasteiger partial charge in [0.15, 0.2) is 0 Å². The van der Waals surface area contributed by atoms with Crippen molar-refractivity contribution in [2.45, 2.75) is 38.1 Å². The van der Waals surface area contributed by atoms with Crippen LogP contribution in [-0.2, 0) is 10.0 Å². The average Bonchev–Trinajstić information content (AvgIpc) is 2.35. The molecule has 18 heavy (non-hydrogen) atoms. The Morgan fingerprint density at radius 3 is 2.28 bits per heavy atom. The summed E-state index contributed by atoms with van der Waals surface area (Å²) in [5.74, 6) is 5.50. The number of hydrogen-bond acceptors (Lipinski definition) is 6. The molecule has 0 bridgehead atoms. The van der Waals surface area contributed by atoms with Crippen LogP contribution in [0.1, 0.15) is 27.2 Å². The lowest BCUT2D eigenvalue weighted by Gasteiger charge is -2.20. The third-order valence-corrected chi connectivity index (χ3v) is 4.06. The Balaban J connectivity index is 2.91. The molecule has 0 spiro atoms. The number of nitrogen functional groups attached to an aromatic ring is 1. The number of sulfonamides is 1. The van der Waals surface area contributed by atoms with Crippen molar-refractivity contribution < 1.29 is 8.42 Å². The van der Waals surface area contributed by atoms with Gasteiger partial charge in [-0.1, -0.05) is 20.8 Å². The fourth-order valence-electron chi connectivity index (χ4n) is 1.49. The summed E-state index contributed by atoms with van der Waals surface area (Å²) in [6.45, 7) is 5.87. The van der Waals surface area contributed by atoms with Gasteiger partial charge in [-0.25, -0.2) is 29.0 Å². The van der Waals surface area contributed by atoms with E-state index in [1.54, 1.807) is 0 Å². The molecule has 1 aromatic heterocycles. The van der Waals surface area contributed by atoms with Crippen molar-refractivity contribution in [3.05, 3.63) is 12.4 Å². The third kappa shape index (κ3) is 3.62. The Kier molecular flexibility index (Phi) is 5.00. The van der Waals surface area contributed by atoms with E-state index < -0.39 is 10.0 Å². The first kappa shape index (κ1) is 14.8. The second kappa shape index (κ2) is 6.07. The summed E-state index contributed by atoms with van der Waals surface area (Å²) >= 11 is 0. The molecule has 0 saturated heterocycles. The molecule has 0 aliphatic carbocycles. The Bertz CT molecular complexity index is 472. The first-order valence-electron chi connectivity index (χ1n) is 5.71. The van der Waals surface area contributed by atoms with Crippen LogP contribution in [0.15, 0.2) is 17.3 Å². The minimum Gasteiger partial charge on any atom is -0.292 e. The lowest BCUT2D eigenvalue weighted by atomic mass is 10.0. The zero-order chi connectivity index (χ0) is 13.8. The van der Waals surface area contributed by atoms with Gasteiger partial charge < -0.3 is 0 Å². The summed E-state index contributed by atoms with van der Waals surface area (Å²) in [5, 5.41) is 0. The standard InChI is InChI=1S/C10H19N5O2S/c1-4-9(7(2)3)15-18(16,17)8-5-12-10(14-11)13-6-8/h5-7,9,15H,4,11H2,1-3H3,(H,12,13,14). The number of hydrogen-bond donors (Lipinski definition) is 3. The van der Waals surface area contributed by atoms with Crippen molar-refractivity contribution >= 4 is 16.0 Å². The molecule has 0 aliphatic rings. The molecule has 4 N–H and O–H groups in total. The molecule has 1 aromatic rings. The van der Waals surface area contributed by atoms with E-state index in [9.17, 15) is 8.42 Å². The van der Waals surface area contributed by atoms with Crippen molar-refractivity contribution in [3.8, 4) is 0 Å². The first-order chi connectivity index (χ1) is 8.40. The smallest absolute Gasteiger partial charge is 0.243 e. The third-order valence-electron chi connectivity index (χ3n) is 2.62. The lowest BCUT2D eigenvalue weighted by molar-refractivity contribution is 0.437. The number of nitrogens with two attached hydrogens (primary N) is 1. The molecule has 1 rings (SSSR count). The minimum atomic E-state index is -3.59. The van der Waals surface area contributed by atoms with Crippen LogP contribution in [0.3, 0.4) is 0 Å². The van der Waals surface area contributed by atoms with Crippen LogP contribution in [0.2, 0.25) is 0 Å². The quantitative estimate of drug-likeness (QED) is 0.513. The highest BCUT2D eigenvalue weighted by atomic mass is 32.2. The monoisotopic (exact) mass is 273 g/mol.